The molecule has 1 aliphatic rings. The molecule has 6 heteroatoms. The molecule has 12 rings (SSSR count). The minimum Gasteiger partial charge on any atom is -0.656 e. The van der Waals surface area contributed by atoms with Gasteiger partial charge < -0.3 is 9.88 Å². The third-order valence-corrected chi connectivity index (χ3v) is 14.6. The van der Waals surface area contributed by atoms with E-state index in [9.17, 15) is 0 Å². The first-order valence-electron chi connectivity index (χ1n) is 24.0. The maximum absolute atomic E-state index is 5.74. The van der Waals surface area contributed by atoms with Crippen LogP contribution in [-0.4, -0.2) is 14.5 Å². The number of hydrogen-bond acceptors (Lipinski definition) is 3. The number of hydrogen-bond donors (Lipinski definition) is 0. The predicted octanol–water partition coefficient (Wildman–Crippen LogP) is 16.4. The Morgan fingerprint density at radius 3 is 1.96 bits per heavy atom. The summed E-state index contributed by atoms with van der Waals surface area (Å²) in [6, 6.07) is 59.2. The van der Waals surface area contributed by atoms with Crippen molar-refractivity contribution in [1.29, 1.82) is 0 Å². The van der Waals surface area contributed by atoms with Gasteiger partial charge in [-0.25, -0.2) is 9.97 Å². The Bertz CT molecular complexity index is 3860. The van der Waals surface area contributed by atoms with E-state index in [2.05, 4.69) is 230 Å². The second-order valence-corrected chi connectivity index (χ2v) is 19.9. The fourth-order valence-electron chi connectivity index (χ4n) is 11.8. The van der Waals surface area contributed by atoms with Gasteiger partial charge >= 0.3 is 21.1 Å². The molecule has 0 fully saturated rings. The minimum atomic E-state index is -0.299. The zero-order chi connectivity index (χ0) is 47.5. The summed E-state index contributed by atoms with van der Waals surface area (Å²) in [5, 5.41) is 2.29. The first-order chi connectivity index (χ1) is 33.3. The minimum absolute atomic E-state index is 0. The van der Waals surface area contributed by atoms with Gasteiger partial charge in [0.15, 0.2) is 0 Å². The Kier molecular flexibility index (Phi) is 10.9. The topological polar surface area (TPSA) is 48.1 Å². The molecule has 0 spiro atoms. The molecule has 11 aromatic rings. The summed E-state index contributed by atoms with van der Waals surface area (Å²) in [5.41, 5.74) is 25.6. The van der Waals surface area contributed by atoms with Crippen LogP contribution in [0, 0.1) is 54.5 Å². The molecule has 5 nitrogen and oxygen atoms in total. The Labute approximate surface area is 425 Å². The second kappa shape index (κ2) is 17.0. The molecule has 0 radical (unpaired) electrons. The van der Waals surface area contributed by atoms with Crippen LogP contribution in [0.2, 0.25) is 0 Å². The molecule has 0 N–H and O–H groups in total. The summed E-state index contributed by atoms with van der Waals surface area (Å²) in [4.78, 5) is 18.6. The van der Waals surface area contributed by atoms with Crippen molar-refractivity contribution in [2.75, 3.05) is 4.90 Å². The zero-order valence-electron chi connectivity index (χ0n) is 41.1. The molecule has 0 atom stereocenters. The first kappa shape index (κ1) is 45.1. The van der Waals surface area contributed by atoms with Gasteiger partial charge in [-0.3, -0.25) is 4.57 Å². The van der Waals surface area contributed by atoms with E-state index in [-0.39, 0.29) is 26.5 Å². The molecule has 0 saturated heterocycles. The third kappa shape index (κ3) is 7.08. The number of imidazole rings is 1. The molecule has 0 aliphatic carbocycles. The average molecular weight is 1090 g/mol. The Hall–Kier alpha value is -7.33. The fraction of sp³-hybridized carbons (Fsp3) is 0.156. The zero-order valence-corrected chi connectivity index (χ0v) is 43.3. The van der Waals surface area contributed by atoms with E-state index < -0.39 is 0 Å². The van der Waals surface area contributed by atoms with Gasteiger partial charge in [0.25, 0.3) is 0 Å². The number of rotatable bonds is 6. The largest absolute Gasteiger partial charge is 2.00 e. The maximum Gasteiger partial charge on any atom is 2.00 e. The molecule has 8 aromatic carbocycles. The first-order valence-corrected chi connectivity index (χ1v) is 24.0. The van der Waals surface area contributed by atoms with E-state index in [1.54, 1.807) is 0 Å². The van der Waals surface area contributed by atoms with E-state index in [0.29, 0.717) is 0 Å². The average Bonchev–Trinajstić information content (AvgIpc) is 3.91. The number of benzene rings is 8. The number of aryl methyl sites for hydroxylation is 7. The van der Waals surface area contributed by atoms with Crippen LogP contribution in [-0.2, 0) is 26.5 Å². The van der Waals surface area contributed by atoms with Gasteiger partial charge in [-0.2, -0.15) is 0 Å². The molecule has 4 heterocycles. The van der Waals surface area contributed by atoms with E-state index >= 15 is 0 Å². The van der Waals surface area contributed by atoms with Crippen molar-refractivity contribution in [3.63, 3.8) is 0 Å². The van der Waals surface area contributed by atoms with Crippen LogP contribution >= 0.6 is 0 Å². The van der Waals surface area contributed by atoms with Crippen molar-refractivity contribution in [3.8, 4) is 50.5 Å². The molecule has 0 unspecified atom stereocenters. The normalized spacial score (nSPS) is 12.9. The monoisotopic (exact) mass is 1090 g/mol. The van der Waals surface area contributed by atoms with Crippen molar-refractivity contribution >= 4 is 50.0 Å². The van der Waals surface area contributed by atoms with E-state index in [1.165, 1.54) is 61.2 Å². The number of pyridine rings is 1. The van der Waals surface area contributed by atoms with Crippen LogP contribution < -0.4 is 9.88 Å². The van der Waals surface area contributed by atoms with Crippen LogP contribution in [0.15, 0.2) is 158 Å². The summed E-state index contributed by atoms with van der Waals surface area (Å²) in [6.07, 6.45) is 1.95. The van der Waals surface area contributed by atoms with Crippen molar-refractivity contribution in [2.24, 2.45) is 0 Å². The summed E-state index contributed by atoms with van der Waals surface area (Å²) in [5.74, 6) is 1.70. The number of nitrogens with zero attached hydrogens (tertiary/aromatic N) is 5. The van der Waals surface area contributed by atoms with Gasteiger partial charge in [0.1, 0.15) is 11.6 Å². The molecule has 1 aliphatic heterocycles. The smallest absolute Gasteiger partial charge is 0.656 e. The van der Waals surface area contributed by atoms with Gasteiger partial charge in [-0.1, -0.05) is 145 Å². The Balaban J connectivity index is 0.00000533. The van der Waals surface area contributed by atoms with Crippen molar-refractivity contribution in [1.82, 2.24) is 19.5 Å². The van der Waals surface area contributed by atoms with Crippen molar-refractivity contribution in [3.05, 3.63) is 214 Å². The summed E-state index contributed by atoms with van der Waals surface area (Å²) in [6.45, 7) is 20.0. The van der Waals surface area contributed by atoms with E-state index in [1.807, 2.05) is 6.20 Å². The summed E-state index contributed by atoms with van der Waals surface area (Å²) in [7, 11) is 0. The van der Waals surface area contributed by atoms with Crippen LogP contribution in [0.4, 0.5) is 17.2 Å². The molecule has 0 saturated carbocycles. The predicted molar refractivity (Wildman–Crippen MR) is 288 cm³/mol. The van der Waals surface area contributed by atoms with Crippen LogP contribution in [0.1, 0.15) is 63.9 Å². The van der Waals surface area contributed by atoms with Gasteiger partial charge in [0.2, 0.25) is 0 Å². The van der Waals surface area contributed by atoms with Crippen molar-refractivity contribution in [2.45, 2.75) is 67.7 Å². The molecule has 3 aromatic heterocycles. The molecule has 70 heavy (non-hydrogen) atoms. The summed E-state index contributed by atoms with van der Waals surface area (Å²) >= 11 is 0. The summed E-state index contributed by atoms with van der Waals surface area (Å²) < 4.78 is 2.33. The van der Waals surface area contributed by atoms with E-state index in [4.69, 9.17) is 15.0 Å². The molecular weight excluding hydrogens is 1030 g/mol. The second-order valence-electron chi connectivity index (χ2n) is 19.9. The van der Waals surface area contributed by atoms with Gasteiger partial charge in [-0.05, 0) is 157 Å². The molecule has 0 bridgehead atoms. The van der Waals surface area contributed by atoms with Crippen LogP contribution in [0.5, 0.6) is 0 Å². The number of para-hydroxylation sites is 3. The van der Waals surface area contributed by atoms with Crippen LogP contribution in [0.3, 0.4) is 0 Å². The van der Waals surface area contributed by atoms with Gasteiger partial charge in [0, 0.05) is 23.1 Å². The molecule has 0 amide bonds. The number of anilines is 3. The molecule has 344 valence electrons. The molecular formula is C64H53N5Pt. The third-order valence-electron chi connectivity index (χ3n) is 14.6. The van der Waals surface area contributed by atoms with Crippen LogP contribution in [0.25, 0.3) is 83.3 Å². The van der Waals surface area contributed by atoms with Crippen molar-refractivity contribution < 1.29 is 21.1 Å². The number of fused-ring (bicyclic) bond motifs is 6. The number of aromatic nitrogens is 4. The Morgan fingerprint density at radius 2 is 1.21 bits per heavy atom. The maximum atomic E-state index is 5.74. The fourth-order valence-corrected chi connectivity index (χ4v) is 11.8. The van der Waals surface area contributed by atoms with Gasteiger partial charge in [0.05, 0.1) is 11.0 Å². The van der Waals surface area contributed by atoms with E-state index in [0.717, 1.165) is 89.4 Å². The SMILES string of the molecule is Cc1cc(C)c(-c2ccnc(N3c4[c-]c(-c5cc(C)cc6c5nc(-c5ccc(-c7c(C)cc(C)cc7C)c7c5[n-]c5ccccc57)n6-c5ccccc5)ccc4C(C)(C)c4ccccc43)c2)c(C)c1.[Pt+2]. The standard InChI is InChI=1S/C64H53N5.Pt/c1-37-29-40(4)58(41(5)30-37)45-27-28-65-57(36-45)69-54-22-16-14-20-51(54)64(8,9)52-26-23-44(35-55(52)69)50-33-39(3)34-56-61(50)67-63(68(56)46-17-11-10-12-18-46)49-25-24-48(59-42(6)31-38(2)32-43(59)7)60-47-19-13-15-21-53(47)66-62(49)60;/h10-34,36H,1-9H3;/q-2;+2. The van der Waals surface area contributed by atoms with Gasteiger partial charge in [-0.15, -0.1) is 34.8 Å². The quantitative estimate of drug-likeness (QED) is 0.156. The Morgan fingerprint density at radius 1 is 0.571 bits per heavy atom.